The first kappa shape index (κ1) is 11.9. The zero-order valence-electron chi connectivity index (χ0n) is 8.62. The van der Waals surface area contributed by atoms with E-state index in [1.807, 2.05) is 19.0 Å². The smallest absolute Gasteiger partial charge is 0.0601 e. The molecule has 0 bridgehead atoms. The Hall–Kier alpha value is -0.120. The fraction of sp³-hybridized carbons (Fsp3) is 1.00. The number of rotatable bonds is 5. The lowest BCUT2D eigenvalue weighted by molar-refractivity contribution is 0.140. The Labute approximate surface area is 75.6 Å². The molecule has 3 N–H and O–H groups in total. The molecular weight excluding hydrogens is 152 g/mol. The lowest BCUT2D eigenvalue weighted by Gasteiger charge is -2.29. The van der Waals surface area contributed by atoms with Crippen LogP contribution in [0.25, 0.3) is 0 Å². The molecule has 0 radical (unpaired) electrons. The monoisotopic (exact) mass is 174 g/mol. The molecule has 0 aromatic carbocycles. The zero-order valence-corrected chi connectivity index (χ0v) is 8.62. The van der Waals surface area contributed by atoms with Gasteiger partial charge in [0.05, 0.1) is 6.61 Å². The van der Waals surface area contributed by atoms with Gasteiger partial charge in [-0.2, -0.15) is 0 Å². The molecule has 0 aliphatic heterocycles. The Morgan fingerprint density at radius 2 is 1.83 bits per heavy atom. The normalized spacial score (nSPS) is 17.0. The molecule has 0 spiro atoms. The summed E-state index contributed by atoms with van der Waals surface area (Å²) in [6.07, 6.45) is 0.962. The minimum Gasteiger partial charge on any atom is -0.395 e. The number of nitrogens with two attached hydrogens (primary N) is 1. The molecule has 0 aliphatic carbocycles. The molecule has 0 aromatic rings. The van der Waals surface area contributed by atoms with Gasteiger partial charge in [0, 0.05) is 12.1 Å². The molecule has 2 unspecified atom stereocenters. The van der Waals surface area contributed by atoms with Crippen molar-refractivity contribution in [1.29, 1.82) is 0 Å². The maximum atomic E-state index is 9.06. The fourth-order valence-electron chi connectivity index (χ4n) is 1.38. The molecule has 0 aromatic heterocycles. The molecule has 0 rings (SSSR count). The Balaban J connectivity index is 3.94. The number of likely N-dealkylation sites (N-methyl/N-ethyl adjacent to an activating group) is 1. The van der Waals surface area contributed by atoms with E-state index in [-0.39, 0.29) is 18.7 Å². The molecule has 3 nitrogen and oxygen atoms in total. The third-order valence-electron chi connectivity index (χ3n) is 2.09. The fourth-order valence-corrected chi connectivity index (χ4v) is 1.38. The molecule has 3 heteroatoms. The van der Waals surface area contributed by atoms with Gasteiger partial charge in [0.1, 0.15) is 0 Å². The zero-order chi connectivity index (χ0) is 9.72. The van der Waals surface area contributed by atoms with Crippen LogP contribution >= 0.6 is 0 Å². The van der Waals surface area contributed by atoms with Crippen molar-refractivity contribution in [2.45, 2.75) is 32.4 Å². The minimum atomic E-state index is 0.0741. The molecule has 0 saturated carbocycles. The van der Waals surface area contributed by atoms with Crippen molar-refractivity contribution in [2.24, 2.45) is 11.7 Å². The van der Waals surface area contributed by atoms with Crippen molar-refractivity contribution in [3.05, 3.63) is 0 Å². The molecule has 0 amide bonds. The Morgan fingerprint density at radius 3 is 2.08 bits per heavy atom. The molecule has 0 heterocycles. The van der Waals surface area contributed by atoms with Gasteiger partial charge in [-0.15, -0.1) is 0 Å². The maximum absolute atomic E-state index is 9.06. The van der Waals surface area contributed by atoms with Crippen LogP contribution in [-0.2, 0) is 0 Å². The van der Waals surface area contributed by atoms with Crippen molar-refractivity contribution in [2.75, 3.05) is 20.7 Å². The van der Waals surface area contributed by atoms with Crippen molar-refractivity contribution < 1.29 is 5.11 Å². The first-order chi connectivity index (χ1) is 5.49. The van der Waals surface area contributed by atoms with Crippen LogP contribution in [0.5, 0.6) is 0 Å². The van der Waals surface area contributed by atoms with Gasteiger partial charge in [-0.05, 0) is 26.4 Å². The standard InChI is InChI=1S/C9H22N2O/c1-7(2)5-8(10)9(6-12)11(3)4/h7-9,12H,5-6,10H2,1-4H3. The highest BCUT2D eigenvalue weighted by Crippen LogP contribution is 2.08. The van der Waals surface area contributed by atoms with Gasteiger partial charge in [0.2, 0.25) is 0 Å². The lowest BCUT2D eigenvalue weighted by atomic mass is 9.98. The molecule has 2 atom stereocenters. The topological polar surface area (TPSA) is 49.5 Å². The third kappa shape index (κ3) is 4.04. The second-order valence-electron chi connectivity index (χ2n) is 4.01. The summed E-state index contributed by atoms with van der Waals surface area (Å²) >= 11 is 0. The van der Waals surface area contributed by atoms with E-state index in [0.29, 0.717) is 5.92 Å². The summed E-state index contributed by atoms with van der Waals surface area (Å²) in [6, 6.07) is 0.164. The number of aliphatic hydroxyl groups excluding tert-OH is 1. The Morgan fingerprint density at radius 1 is 1.33 bits per heavy atom. The maximum Gasteiger partial charge on any atom is 0.0601 e. The predicted octanol–water partition coefficient (Wildman–Crippen LogP) is 0.282. The summed E-state index contributed by atoms with van der Waals surface area (Å²) in [7, 11) is 3.89. The predicted molar refractivity (Wildman–Crippen MR) is 52.0 cm³/mol. The highest BCUT2D eigenvalue weighted by Gasteiger charge is 2.19. The summed E-state index contributed by atoms with van der Waals surface area (Å²) in [6.45, 7) is 4.43. The summed E-state index contributed by atoms with van der Waals surface area (Å²) in [5.74, 6) is 0.592. The van der Waals surface area contributed by atoms with Gasteiger partial charge in [-0.3, -0.25) is 0 Å². The number of nitrogens with zero attached hydrogens (tertiary/aromatic N) is 1. The van der Waals surface area contributed by atoms with Crippen molar-refractivity contribution in [3.63, 3.8) is 0 Å². The van der Waals surface area contributed by atoms with E-state index < -0.39 is 0 Å². The average molecular weight is 174 g/mol. The molecule has 12 heavy (non-hydrogen) atoms. The van der Waals surface area contributed by atoms with E-state index in [2.05, 4.69) is 13.8 Å². The highest BCUT2D eigenvalue weighted by atomic mass is 16.3. The van der Waals surface area contributed by atoms with Gasteiger partial charge in [0.15, 0.2) is 0 Å². The van der Waals surface area contributed by atoms with Gasteiger partial charge in [-0.1, -0.05) is 13.8 Å². The van der Waals surface area contributed by atoms with Gasteiger partial charge >= 0.3 is 0 Å². The quantitative estimate of drug-likeness (QED) is 0.629. The molecule has 0 aliphatic rings. The van der Waals surface area contributed by atoms with Crippen molar-refractivity contribution in [1.82, 2.24) is 4.90 Å². The average Bonchev–Trinajstić information content (AvgIpc) is 1.85. The van der Waals surface area contributed by atoms with Crippen LogP contribution < -0.4 is 5.73 Å². The van der Waals surface area contributed by atoms with Crippen molar-refractivity contribution in [3.8, 4) is 0 Å². The molecule has 0 fully saturated rings. The Kier molecular flexibility index (Phi) is 5.46. The van der Waals surface area contributed by atoms with E-state index in [1.54, 1.807) is 0 Å². The Bertz CT molecular complexity index is 115. The summed E-state index contributed by atoms with van der Waals surface area (Å²) in [4.78, 5) is 1.98. The van der Waals surface area contributed by atoms with Crippen LogP contribution in [-0.4, -0.2) is 42.8 Å². The van der Waals surface area contributed by atoms with Crippen LogP contribution in [0.3, 0.4) is 0 Å². The van der Waals surface area contributed by atoms with Crippen molar-refractivity contribution >= 4 is 0 Å². The van der Waals surface area contributed by atoms with E-state index in [1.165, 1.54) is 0 Å². The number of hydrogen-bond donors (Lipinski definition) is 2. The van der Waals surface area contributed by atoms with E-state index in [9.17, 15) is 0 Å². The highest BCUT2D eigenvalue weighted by molar-refractivity contribution is 4.79. The number of hydrogen-bond acceptors (Lipinski definition) is 3. The van der Waals surface area contributed by atoms with Gasteiger partial charge < -0.3 is 15.7 Å². The summed E-state index contributed by atoms with van der Waals surface area (Å²) < 4.78 is 0. The van der Waals surface area contributed by atoms with Crippen LogP contribution in [0, 0.1) is 5.92 Å². The first-order valence-corrected chi connectivity index (χ1v) is 4.51. The van der Waals surface area contributed by atoms with Crippen LogP contribution in [0.2, 0.25) is 0 Å². The van der Waals surface area contributed by atoms with Crippen LogP contribution in [0.1, 0.15) is 20.3 Å². The van der Waals surface area contributed by atoms with E-state index in [4.69, 9.17) is 10.8 Å². The molecule has 74 valence electrons. The lowest BCUT2D eigenvalue weighted by Crippen LogP contribution is -2.47. The third-order valence-corrected chi connectivity index (χ3v) is 2.09. The molecule has 0 saturated heterocycles. The molecular formula is C9H22N2O. The van der Waals surface area contributed by atoms with Crippen LogP contribution in [0.15, 0.2) is 0 Å². The van der Waals surface area contributed by atoms with E-state index in [0.717, 1.165) is 6.42 Å². The van der Waals surface area contributed by atoms with Gasteiger partial charge in [-0.25, -0.2) is 0 Å². The van der Waals surface area contributed by atoms with Gasteiger partial charge in [0.25, 0.3) is 0 Å². The second kappa shape index (κ2) is 5.51. The summed E-state index contributed by atoms with van der Waals surface area (Å²) in [5.41, 5.74) is 5.93. The second-order valence-corrected chi connectivity index (χ2v) is 4.01. The van der Waals surface area contributed by atoms with Crippen LogP contribution in [0.4, 0.5) is 0 Å². The minimum absolute atomic E-state index is 0.0741. The van der Waals surface area contributed by atoms with E-state index >= 15 is 0 Å². The number of aliphatic hydroxyl groups is 1. The first-order valence-electron chi connectivity index (χ1n) is 4.51. The largest absolute Gasteiger partial charge is 0.395 e. The summed E-state index contributed by atoms with van der Waals surface area (Å²) in [5, 5.41) is 9.06. The SMILES string of the molecule is CC(C)CC(N)C(CO)N(C)C.